The lowest BCUT2D eigenvalue weighted by Gasteiger charge is -2.60. The highest BCUT2D eigenvalue weighted by Crippen LogP contribution is 2.69. The lowest BCUT2D eigenvalue weighted by molar-refractivity contribution is -0.0410. The van der Waals surface area contributed by atoms with E-state index in [1.807, 2.05) is 11.1 Å². The molecule has 136 valence electrons. The van der Waals surface area contributed by atoms with Gasteiger partial charge in [-0.3, -0.25) is 0 Å². The largest absolute Gasteiger partial charge is 0.0732 e. The zero-order valence-electron chi connectivity index (χ0n) is 17.1. The molecule has 0 bridgehead atoms. The van der Waals surface area contributed by atoms with Crippen LogP contribution in [0.25, 0.3) is 0 Å². The van der Waals surface area contributed by atoms with Gasteiger partial charge in [-0.05, 0) is 91.8 Å². The van der Waals surface area contributed by atoms with Gasteiger partial charge in [0, 0.05) is 0 Å². The second kappa shape index (κ2) is 5.62. The van der Waals surface area contributed by atoms with Gasteiger partial charge in [0.2, 0.25) is 0 Å². The molecule has 0 amide bonds. The van der Waals surface area contributed by atoms with E-state index in [-0.39, 0.29) is 0 Å². The first-order chi connectivity index (χ1) is 11.3. The maximum atomic E-state index is 2.69. The normalized spacial score (nSPS) is 51.4. The summed E-state index contributed by atoms with van der Waals surface area (Å²) >= 11 is 0. The quantitative estimate of drug-likeness (QED) is 0.445. The summed E-state index contributed by atoms with van der Waals surface area (Å²) in [6.45, 7) is 15.5. The maximum absolute atomic E-state index is 2.69. The summed E-state index contributed by atoms with van der Waals surface area (Å²) in [7, 11) is 0. The van der Waals surface area contributed by atoms with E-state index in [4.69, 9.17) is 0 Å². The highest BCUT2D eigenvalue weighted by molar-refractivity contribution is 5.32. The Labute approximate surface area is 150 Å². The first-order valence-corrected chi connectivity index (χ1v) is 11.0. The molecular formula is C24H40. The zero-order chi connectivity index (χ0) is 17.3. The minimum Gasteiger partial charge on any atom is -0.0732 e. The smallest absolute Gasteiger partial charge is 0.0138 e. The Morgan fingerprint density at radius 2 is 1.75 bits per heavy atom. The minimum atomic E-state index is 0.569. The van der Waals surface area contributed by atoms with Gasteiger partial charge in [-0.2, -0.15) is 0 Å². The van der Waals surface area contributed by atoms with Crippen molar-refractivity contribution in [2.75, 3.05) is 0 Å². The molecule has 0 N–H and O–H groups in total. The molecular weight excluding hydrogens is 288 g/mol. The predicted molar refractivity (Wildman–Crippen MR) is 104 cm³/mol. The second-order valence-corrected chi connectivity index (χ2v) is 10.9. The summed E-state index contributed by atoms with van der Waals surface area (Å²) in [6, 6.07) is 0. The Bertz CT molecular complexity index is 540. The van der Waals surface area contributed by atoms with Crippen LogP contribution in [-0.4, -0.2) is 0 Å². The van der Waals surface area contributed by atoms with Crippen LogP contribution >= 0.6 is 0 Å². The summed E-state index contributed by atoms with van der Waals surface area (Å²) in [5.41, 5.74) is 5.01. The fourth-order valence-electron chi connectivity index (χ4n) is 8.39. The van der Waals surface area contributed by atoms with Crippen molar-refractivity contribution >= 4 is 0 Å². The fourth-order valence-corrected chi connectivity index (χ4v) is 8.39. The van der Waals surface area contributed by atoms with Gasteiger partial charge in [0.1, 0.15) is 0 Å². The molecule has 3 fully saturated rings. The first kappa shape index (κ1) is 17.2. The molecule has 4 aliphatic rings. The zero-order valence-corrected chi connectivity index (χ0v) is 17.1. The van der Waals surface area contributed by atoms with Crippen LogP contribution < -0.4 is 0 Å². The van der Waals surface area contributed by atoms with Gasteiger partial charge in [0.05, 0.1) is 0 Å². The molecule has 7 unspecified atom stereocenters. The van der Waals surface area contributed by atoms with Crippen LogP contribution in [0.4, 0.5) is 0 Å². The van der Waals surface area contributed by atoms with Crippen LogP contribution in [0.3, 0.4) is 0 Å². The molecule has 0 heteroatoms. The highest BCUT2D eigenvalue weighted by Gasteiger charge is 2.60. The van der Waals surface area contributed by atoms with E-state index in [9.17, 15) is 0 Å². The minimum absolute atomic E-state index is 0.569. The third-order valence-corrected chi connectivity index (χ3v) is 9.81. The third kappa shape index (κ3) is 2.10. The Morgan fingerprint density at radius 3 is 2.46 bits per heavy atom. The first-order valence-electron chi connectivity index (χ1n) is 11.0. The number of hydrogen-bond acceptors (Lipinski definition) is 0. The van der Waals surface area contributed by atoms with Gasteiger partial charge in [0.25, 0.3) is 0 Å². The SMILES string of the molecule is CC1=C2C(CC(C)C3(C)C2CCC3C(C)C)C2(C)CCCCC2C1. The summed E-state index contributed by atoms with van der Waals surface area (Å²) < 4.78 is 0. The molecule has 4 aliphatic carbocycles. The van der Waals surface area contributed by atoms with Crippen molar-refractivity contribution in [2.24, 2.45) is 46.3 Å². The van der Waals surface area contributed by atoms with Gasteiger partial charge in [-0.15, -0.1) is 0 Å². The average Bonchev–Trinajstić information content (AvgIpc) is 2.88. The van der Waals surface area contributed by atoms with Gasteiger partial charge >= 0.3 is 0 Å². The molecule has 0 heterocycles. The van der Waals surface area contributed by atoms with E-state index in [0.717, 1.165) is 35.5 Å². The summed E-state index contributed by atoms with van der Waals surface area (Å²) in [5.74, 6) is 5.49. The van der Waals surface area contributed by atoms with Crippen molar-refractivity contribution in [1.29, 1.82) is 0 Å². The molecule has 7 atom stereocenters. The van der Waals surface area contributed by atoms with Crippen LogP contribution in [0, 0.1) is 46.3 Å². The van der Waals surface area contributed by atoms with Crippen LogP contribution in [0.1, 0.15) is 92.9 Å². The molecule has 4 rings (SSSR count). The topological polar surface area (TPSA) is 0 Å². The molecule has 0 nitrogen and oxygen atoms in total. The van der Waals surface area contributed by atoms with Crippen LogP contribution in [-0.2, 0) is 0 Å². The molecule has 0 aliphatic heterocycles. The standard InChI is InChI=1S/C24H40/c1-15(2)19-10-11-20-22-16(3)13-18-9-7-8-12-23(18,5)21(22)14-17(4)24(19,20)6/h15,17-21H,7-14H2,1-6H3. The number of fused-ring (bicyclic) bond motifs is 5. The third-order valence-electron chi connectivity index (χ3n) is 9.81. The van der Waals surface area contributed by atoms with Gasteiger partial charge in [-0.1, -0.05) is 58.6 Å². The lowest BCUT2D eigenvalue weighted by Crippen LogP contribution is -2.52. The Kier molecular flexibility index (Phi) is 4.02. The summed E-state index contributed by atoms with van der Waals surface area (Å²) in [6.07, 6.45) is 11.8. The summed E-state index contributed by atoms with van der Waals surface area (Å²) in [4.78, 5) is 0. The van der Waals surface area contributed by atoms with E-state index < -0.39 is 0 Å². The fraction of sp³-hybridized carbons (Fsp3) is 0.917. The van der Waals surface area contributed by atoms with Crippen molar-refractivity contribution in [1.82, 2.24) is 0 Å². The van der Waals surface area contributed by atoms with E-state index in [1.54, 1.807) is 0 Å². The Morgan fingerprint density at radius 1 is 1.00 bits per heavy atom. The number of hydrogen-bond donors (Lipinski definition) is 0. The molecule has 0 aromatic carbocycles. The van der Waals surface area contributed by atoms with Crippen molar-refractivity contribution < 1.29 is 0 Å². The van der Waals surface area contributed by atoms with Gasteiger partial charge in [-0.25, -0.2) is 0 Å². The molecule has 0 aromatic rings. The molecule has 0 aromatic heterocycles. The number of rotatable bonds is 1. The van der Waals surface area contributed by atoms with E-state index in [2.05, 4.69) is 41.5 Å². The molecule has 0 radical (unpaired) electrons. The lowest BCUT2D eigenvalue weighted by atomic mass is 9.44. The van der Waals surface area contributed by atoms with Gasteiger partial charge in [0.15, 0.2) is 0 Å². The molecule has 3 saturated carbocycles. The van der Waals surface area contributed by atoms with Crippen molar-refractivity contribution in [3.63, 3.8) is 0 Å². The highest BCUT2D eigenvalue weighted by atomic mass is 14.6. The molecule has 24 heavy (non-hydrogen) atoms. The Hall–Kier alpha value is -0.260. The van der Waals surface area contributed by atoms with E-state index >= 15 is 0 Å². The van der Waals surface area contributed by atoms with Crippen molar-refractivity contribution in [3.8, 4) is 0 Å². The van der Waals surface area contributed by atoms with Gasteiger partial charge < -0.3 is 0 Å². The van der Waals surface area contributed by atoms with Crippen LogP contribution in [0.5, 0.6) is 0 Å². The Balaban J connectivity index is 1.78. The predicted octanol–water partition coefficient (Wildman–Crippen LogP) is 7.25. The van der Waals surface area contributed by atoms with Crippen LogP contribution in [0.2, 0.25) is 0 Å². The summed E-state index contributed by atoms with van der Waals surface area (Å²) in [5, 5.41) is 0. The second-order valence-electron chi connectivity index (χ2n) is 10.9. The average molecular weight is 329 g/mol. The maximum Gasteiger partial charge on any atom is -0.0138 e. The van der Waals surface area contributed by atoms with E-state index in [1.165, 1.54) is 51.4 Å². The van der Waals surface area contributed by atoms with Crippen molar-refractivity contribution in [3.05, 3.63) is 11.1 Å². The number of allylic oxidation sites excluding steroid dienone is 2. The molecule has 0 spiro atoms. The monoisotopic (exact) mass is 328 g/mol. The molecule has 0 saturated heterocycles. The van der Waals surface area contributed by atoms with E-state index in [0.29, 0.717) is 10.8 Å². The van der Waals surface area contributed by atoms with Crippen molar-refractivity contribution in [2.45, 2.75) is 92.9 Å². The van der Waals surface area contributed by atoms with Crippen LogP contribution in [0.15, 0.2) is 11.1 Å².